The molecule has 0 fully saturated rings. The van der Waals surface area contributed by atoms with Gasteiger partial charge in [-0.1, -0.05) is 48.6 Å². The first kappa shape index (κ1) is 12.4. The Hall–Kier alpha value is -2.68. The summed E-state index contributed by atoms with van der Waals surface area (Å²) < 4.78 is 5.34. The van der Waals surface area contributed by atoms with Crippen LogP contribution in [-0.4, -0.2) is 17.3 Å². The summed E-state index contributed by atoms with van der Waals surface area (Å²) >= 11 is 0. The average Bonchev–Trinajstić information content (AvgIpc) is 2.53. The average molecular weight is 262 g/mol. The van der Waals surface area contributed by atoms with E-state index in [4.69, 9.17) is 4.74 Å². The highest BCUT2D eigenvalue weighted by Crippen LogP contribution is 2.22. The predicted molar refractivity (Wildman–Crippen MR) is 81.5 cm³/mol. The van der Waals surface area contributed by atoms with Gasteiger partial charge < -0.3 is 4.74 Å². The number of rotatable bonds is 3. The number of nitrogens with zero attached hydrogens (tertiary/aromatic N) is 2. The molecule has 0 aliphatic rings. The molecule has 0 radical (unpaired) electrons. The van der Waals surface area contributed by atoms with E-state index in [1.165, 1.54) is 0 Å². The fourth-order valence-corrected chi connectivity index (χ4v) is 2.14. The summed E-state index contributed by atoms with van der Waals surface area (Å²) in [5.74, 6) is 0.857. The molecule has 0 N–H and O–H groups in total. The molecule has 0 aliphatic heterocycles. The quantitative estimate of drug-likeness (QED) is 0.720. The fourth-order valence-electron chi connectivity index (χ4n) is 2.14. The molecular formula is C17H14N2O. The maximum Gasteiger partial charge on any atom is 0.126 e. The van der Waals surface area contributed by atoms with E-state index in [2.05, 4.69) is 10.2 Å². The number of hydrogen-bond donors (Lipinski definition) is 0. The number of aromatic nitrogens is 2. The van der Waals surface area contributed by atoms with E-state index in [0.29, 0.717) is 0 Å². The first-order chi connectivity index (χ1) is 9.88. The van der Waals surface area contributed by atoms with Crippen molar-refractivity contribution in [3.8, 4) is 5.75 Å². The number of ether oxygens (including phenoxy) is 1. The van der Waals surface area contributed by atoms with Crippen LogP contribution in [0.15, 0.2) is 54.7 Å². The molecule has 0 amide bonds. The number of para-hydroxylation sites is 1. The molecule has 3 aromatic rings. The summed E-state index contributed by atoms with van der Waals surface area (Å²) in [5, 5.41) is 9.25. The number of fused-ring (bicyclic) bond motifs is 1. The van der Waals surface area contributed by atoms with Crippen LogP contribution < -0.4 is 4.74 Å². The van der Waals surface area contributed by atoms with E-state index in [-0.39, 0.29) is 0 Å². The van der Waals surface area contributed by atoms with E-state index >= 15 is 0 Å². The zero-order valence-corrected chi connectivity index (χ0v) is 11.2. The van der Waals surface area contributed by atoms with Gasteiger partial charge in [-0.3, -0.25) is 0 Å². The first-order valence-corrected chi connectivity index (χ1v) is 6.40. The smallest absolute Gasteiger partial charge is 0.126 e. The Morgan fingerprint density at radius 2 is 1.65 bits per heavy atom. The van der Waals surface area contributed by atoms with Crippen LogP contribution in [0.4, 0.5) is 0 Å². The summed E-state index contributed by atoms with van der Waals surface area (Å²) in [6.07, 6.45) is 5.84. The molecule has 98 valence electrons. The van der Waals surface area contributed by atoms with Gasteiger partial charge in [0, 0.05) is 16.5 Å². The van der Waals surface area contributed by atoms with Crippen LogP contribution in [-0.2, 0) is 0 Å². The zero-order chi connectivity index (χ0) is 13.8. The second-order valence-corrected chi connectivity index (χ2v) is 4.39. The Balaban J connectivity index is 2.03. The topological polar surface area (TPSA) is 35.0 Å². The van der Waals surface area contributed by atoms with Crippen LogP contribution in [0, 0.1) is 0 Å². The third kappa shape index (κ3) is 2.38. The van der Waals surface area contributed by atoms with E-state index in [1.54, 1.807) is 13.3 Å². The van der Waals surface area contributed by atoms with Crippen molar-refractivity contribution in [2.45, 2.75) is 0 Å². The molecule has 3 nitrogen and oxygen atoms in total. The van der Waals surface area contributed by atoms with Crippen molar-refractivity contribution in [3.63, 3.8) is 0 Å². The number of benzene rings is 2. The summed E-state index contributed by atoms with van der Waals surface area (Å²) in [6, 6.07) is 15.9. The van der Waals surface area contributed by atoms with Gasteiger partial charge >= 0.3 is 0 Å². The lowest BCUT2D eigenvalue weighted by molar-refractivity contribution is 0.414. The molecule has 3 rings (SSSR count). The summed E-state index contributed by atoms with van der Waals surface area (Å²) in [4.78, 5) is 0. The van der Waals surface area contributed by atoms with Gasteiger partial charge in [-0.25, -0.2) is 0 Å². The van der Waals surface area contributed by atoms with Gasteiger partial charge in [0.2, 0.25) is 0 Å². The molecule has 0 atom stereocenters. The molecular weight excluding hydrogens is 248 g/mol. The maximum absolute atomic E-state index is 5.34. The van der Waals surface area contributed by atoms with Gasteiger partial charge in [0.15, 0.2) is 0 Å². The summed E-state index contributed by atoms with van der Waals surface area (Å²) in [5.41, 5.74) is 2.98. The van der Waals surface area contributed by atoms with Crippen LogP contribution >= 0.6 is 0 Å². The van der Waals surface area contributed by atoms with Gasteiger partial charge in [0.05, 0.1) is 18.8 Å². The summed E-state index contributed by atoms with van der Waals surface area (Å²) in [7, 11) is 1.68. The van der Waals surface area contributed by atoms with Crippen molar-refractivity contribution in [3.05, 3.63) is 65.9 Å². The minimum absolute atomic E-state index is 0.857. The van der Waals surface area contributed by atoms with Crippen molar-refractivity contribution < 1.29 is 4.74 Å². The highest BCUT2D eigenvalue weighted by atomic mass is 16.5. The largest absolute Gasteiger partial charge is 0.496 e. The Labute approximate surface area is 117 Å². The van der Waals surface area contributed by atoms with E-state index < -0.39 is 0 Å². The van der Waals surface area contributed by atoms with Crippen molar-refractivity contribution in [2.75, 3.05) is 7.11 Å². The third-order valence-electron chi connectivity index (χ3n) is 3.16. The van der Waals surface area contributed by atoms with Crippen LogP contribution in [0.5, 0.6) is 5.75 Å². The molecule has 0 saturated carbocycles. The van der Waals surface area contributed by atoms with Crippen molar-refractivity contribution in [1.82, 2.24) is 10.2 Å². The van der Waals surface area contributed by atoms with Gasteiger partial charge in [-0.15, -0.1) is 0 Å². The van der Waals surface area contributed by atoms with Crippen LogP contribution in [0.1, 0.15) is 11.1 Å². The van der Waals surface area contributed by atoms with Crippen molar-refractivity contribution in [1.29, 1.82) is 0 Å². The Morgan fingerprint density at radius 3 is 2.55 bits per heavy atom. The molecule has 0 aliphatic carbocycles. The number of hydrogen-bond acceptors (Lipinski definition) is 3. The molecule has 1 heterocycles. The molecule has 0 unspecified atom stereocenters. The molecule has 3 heteroatoms. The van der Waals surface area contributed by atoms with Crippen LogP contribution in [0.25, 0.3) is 23.1 Å². The van der Waals surface area contributed by atoms with Gasteiger partial charge in [-0.05, 0) is 12.1 Å². The van der Waals surface area contributed by atoms with Crippen molar-refractivity contribution in [2.24, 2.45) is 0 Å². The fraction of sp³-hybridized carbons (Fsp3) is 0.0588. The highest BCUT2D eigenvalue weighted by Gasteiger charge is 2.00. The Morgan fingerprint density at radius 1 is 0.900 bits per heavy atom. The monoisotopic (exact) mass is 262 g/mol. The third-order valence-corrected chi connectivity index (χ3v) is 3.16. The zero-order valence-electron chi connectivity index (χ0n) is 11.2. The molecule has 0 spiro atoms. The lowest BCUT2D eigenvalue weighted by Crippen LogP contribution is -1.87. The first-order valence-electron chi connectivity index (χ1n) is 6.40. The number of methoxy groups -OCH3 is 1. The minimum atomic E-state index is 0.857. The molecule has 0 bridgehead atoms. The van der Waals surface area contributed by atoms with Crippen LogP contribution in [0.3, 0.4) is 0 Å². The second-order valence-electron chi connectivity index (χ2n) is 4.39. The Kier molecular flexibility index (Phi) is 3.42. The van der Waals surface area contributed by atoms with E-state index in [0.717, 1.165) is 27.8 Å². The predicted octanol–water partition coefficient (Wildman–Crippen LogP) is 3.81. The molecule has 2 aromatic carbocycles. The Bertz CT molecular complexity index is 760. The normalized spacial score (nSPS) is 11.1. The lowest BCUT2D eigenvalue weighted by atomic mass is 10.1. The lowest BCUT2D eigenvalue weighted by Gasteiger charge is -2.04. The SMILES string of the molecule is COc1ccccc1C=Cc1cnnc2ccccc12. The maximum atomic E-state index is 5.34. The summed E-state index contributed by atoms with van der Waals surface area (Å²) in [6.45, 7) is 0. The standard InChI is InChI=1S/C17H14N2O/c1-20-17-9-5-2-6-13(17)10-11-14-12-18-19-16-8-4-3-7-15(14)16/h2-12H,1H3. The van der Waals surface area contributed by atoms with Gasteiger partial charge in [-0.2, -0.15) is 10.2 Å². The van der Waals surface area contributed by atoms with E-state index in [1.807, 2.05) is 60.7 Å². The van der Waals surface area contributed by atoms with Gasteiger partial charge in [0.1, 0.15) is 5.75 Å². The molecule has 20 heavy (non-hydrogen) atoms. The molecule has 0 saturated heterocycles. The molecule has 1 aromatic heterocycles. The van der Waals surface area contributed by atoms with Gasteiger partial charge in [0.25, 0.3) is 0 Å². The van der Waals surface area contributed by atoms with Crippen LogP contribution in [0.2, 0.25) is 0 Å². The minimum Gasteiger partial charge on any atom is -0.496 e. The van der Waals surface area contributed by atoms with Crippen molar-refractivity contribution >= 4 is 23.1 Å². The van der Waals surface area contributed by atoms with E-state index in [9.17, 15) is 0 Å². The second kappa shape index (κ2) is 5.53. The highest BCUT2D eigenvalue weighted by molar-refractivity contribution is 5.90.